The van der Waals surface area contributed by atoms with E-state index in [1.165, 1.54) is 6.26 Å². The maximum Gasteiger partial charge on any atom is 0.152 e. The summed E-state index contributed by atoms with van der Waals surface area (Å²) in [5, 5.41) is 9.00. The Morgan fingerprint density at radius 2 is 2.00 bits per heavy atom. The summed E-state index contributed by atoms with van der Waals surface area (Å²) in [5.74, 6) is 0.132. The summed E-state index contributed by atoms with van der Waals surface area (Å²) in [6.45, 7) is 3.43. The highest BCUT2D eigenvalue weighted by Gasteiger charge is 2.56. The van der Waals surface area contributed by atoms with Crippen molar-refractivity contribution in [1.82, 2.24) is 0 Å². The lowest BCUT2D eigenvalue weighted by Gasteiger charge is -2.16. The fraction of sp³-hybridized carbons (Fsp3) is 1.00. The molecule has 0 spiro atoms. The van der Waals surface area contributed by atoms with Crippen LogP contribution in [0.25, 0.3) is 0 Å². The molecule has 0 radical (unpaired) electrons. The van der Waals surface area contributed by atoms with E-state index < -0.39 is 20.7 Å². The van der Waals surface area contributed by atoms with Crippen LogP contribution in [0.3, 0.4) is 0 Å². The van der Waals surface area contributed by atoms with Crippen molar-refractivity contribution < 1.29 is 13.5 Å². The molecule has 1 aliphatic carbocycles. The molecule has 4 heteroatoms. The molecule has 1 saturated carbocycles. The van der Waals surface area contributed by atoms with Crippen molar-refractivity contribution in [3.8, 4) is 0 Å². The van der Waals surface area contributed by atoms with E-state index in [2.05, 4.69) is 0 Å². The third-order valence-electron chi connectivity index (χ3n) is 2.67. The molecule has 0 aromatic rings. The molecule has 0 heterocycles. The van der Waals surface area contributed by atoms with Crippen LogP contribution in [0.4, 0.5) is 0 Å². The van der Waals surface area contributed by atoms with Gasteiger partial charge >= 0.3 is 0 Å². The van der Waals surface area contributed by atoms with Crippen LogP contribution in [0.15, 0.2) is 0 Å². The Hall–Kier alpha value is -0.0900. The minimum atomic E-state index is -3.08. The molecule has 0 aromatic carbocycles. The van der Waals surface area contributed by atoms with E-state index in [-0.39, 0.29) is 5.92 Å². The SMILES string of the molecule is CC1CC1(O)C(C)S(C)(=O)=O. The smallest absolute Gasteiger partial charge is 0.152 e. The van der Waals surface area contributed by atoms with Crippen LogP contribution >= 0.6 is 0 Å². The summed E-state index contributed by atoms with van der Waals surface area (Å²) in [6, 6.07) is 0. The van der Waals surface area contributed by atoms with Crippen molar-refractivity contribution in [1.29, 1.82) is 0 Å². The summed E-state index contributed by atoms with van der Waals surface area (Å²) in [5.41, 5.74) is -0.937. The molecular formula is C7H14O3S. The molecule has 3 nitrogen and oxygen atoms in total. The summed E-state index contributed by atoms with van der Waals surface area (Å²) >= 11 is 0. The van der Waals surface area contributed by atoms with E-state index in [1.807, 2.05) is 6.92 Å². The molecule has 11 heavy (non-hydrogen) atoms. The van der Waals surface area contributed by atoms with E-state index >= 15 is 0 Å². The van der Waals surface area contributed by atoms with Crippen molar-refractivity contribution in [2.45, 2.75) is 31.1 Å². The standard InChI is InChI=1S/C7H14O3S/c1-5-4-7(5,8)6(2)11(3,9)10/h5-6,8H,4H2,1-3H3. The van der Waals surface area contributed by atoms with E-state index in [0.29, 0.717) is 6.42 Å². The average Bonchev–Trinajstić information content (AvgIpc) is 2.38. The van der Waals surface area contributed by atoms with Crippen LogP contribution in [0.1, 0.15) is 20.3 Å². The zero-order valence-electron chi connectivity index (χ0n) is 7.03. The third kappa shape index (κ3) is 1.42. The van der Waals surface area contributed by atoms with Gasteiger partial charge in [-0.3, -0.25) is 0 Å². The number of hydrogen-bond acceptors (Lipinski definition) is 3. The highest BCUT2D eigenvalue weighted by molar-refractivity contribution is 7.91. The molecule has 66 valence electrons. The highest BCUT2D eigenvalue weighted by Crippen LogP contribution is 2.47. The minimum Gasteiger partial charge on any atom is -0.388 e. The van der Waals surface area contributed by atoms with E-state index in [0.717, 1.165) is 0 Å². The molecule has 1 rings (SSSR count). The lowest BCUT2D eigenvalue weighted by molar-refractivity contribution is 0.133. The Morgan fingerprint density at radius 1 is 1.64 bits per heavy atom. The summed E-state index contributed by atoms with van der Waals surface area (Å²) in [6.07, 6.45) is 1.78. The van der Waals surface area contributed by atoms with Crippen molar-refractivity contribution in [3.63, 3.8) is 0 Å². The lowest BCUT2D eigenvalue weighted by atomic mass is 10.2. The Morgan fingerprint density at radius 3 is 2.09 bits per heavy atom. The van der Waals surface area contributed by atoms with Crippen molar-refractivity contribution in [2.75, 3.05) is 6.26 Å². The lowest BCUT2D eigenvalue weighted by Crippen LogP contribution is -2.33. The Bertz CT molecular complexity index is 257. The monoisotopic (exact) mass is 178 g/mol. The second-order valence-electron chi connectivity index (χ2n) is 3.57. The van der Waals surface area contributed by atoms with Gasteiger partial charge in [0.1, 0.15) is 0 Å². The molecule has 1 aliphatic rings. The number of sulfone groups is 1. The Balaban J connectivity index is 2.79. The van der Waals surface area contributed by atoms with Gasteiger partial charge in [0, 0.05) is 6.26 Å². The summed E-state index contributed by atoms with van der Waals surface area (Å²) in [4.78, 5) is 0. The summed E-state index contributed by atoms with van der Waals surface area (Å²) in [7, 11) is -3.08. The molecule has 0 bridgehead atoms. The number of hydrogen-bond donors (Lipinski definition) is 1. The minimum absolute atomic E-state index is 0.132. The largest absolute Gasteiger partial charge is 0.388 e. The predicted molar refractivity (Wildman–Crippen MR) is 43.0 cm³/mol. The molecular weight excluding hydrogens is 164 g/mol. The highest BCUT2D eigenvalue weighted by atomic mass is 32.2. The van der Waals surface area contributed by atoms with Gasteiger partial charge in [-0.05, 0) is 19.3 Å². The maximum absolute atomic E-state index is 11.0. The third-order valence-corrected chi connectivity index (χ3v) is 4.37. The topological polar surface area (TPSA) is 54.4 Å². The average molecular weight is 178 g/mol. The van der Waals surface area contributed by atoms with Gasteiger partial charge in [-0.1, -0.05) is 6.92 Å². The van der Waals surface area contributed by atoms with Crippen LogP contribution < -0.4 is 0 Å². The van der Waals surface area contributed by atoms with Gasteiger partial charge in [-0.25, -0.2) is 8.42 Å². The van der Waals surface area contributed by atoms with Crippen LogP contribution in [0.5, 0.6) is 0 Å². The normalized spacial score (nSPS) is 40.2. The van der Waals surface area contributed by atoms with Gasteiger partial charge in [0.15, 0.2) is 9.84 Å². The second kappa shape index (κ2) is 2.20. The van der Waals surface area contributed by atoms with Gasteiger partial charge in [-0.2, -0.15) is 0 Å². The van der Waals surface area contributed by atoms with Crippen LogP contribution in [0, 0.1) is 5.92 Å². The van der Waals surface area contributed by atoms with E-state index in [1.54, 1.807) is 6.92 Å². The molecule has 1 fully saturated rings. The Kier molecular flexibility index (Phi) is 1.80. The number of aliphatic hydroxyl groups is 1. The van der Waals surface area contributed by atoms with Crippen molar-refractivity contribution >= 4 is 9.84 Å². The quantitative estimate of drug-likeness (QED) is 0.656. The molecule has 3 atom stereocenters. The van der Waals surface area contributed by atoms with E-state index in [9.17, 15) is 13.5 Å². The zero-order valence-corrected chi connectivity index (χ0v) is 7.85. The first kappa shape index (κ1) is 9.00. The maximum atomic E-state index is 11.0. The molecule has 0 saturated heterocycles. The van der Waals surface area contributed by atoms with Crippen molar-refractivity contribution in [2.24, 2.45) is 5.92 Å². The van der Waals surface area contributed by atoms with Crippen LogP contribution in [-0.4, -0.2) is 30.6 Å². The predicted octanol–water partition coefficient (Wildman–Crippen LogP) is 0.190. The Labute approximate surface area is 67.3 Å². The van der Waals surface area contributed by atoms with Gasteiger partial charge in [-0.15, -0.1) is 0 Å². The first-order valence-electron chi connectivity index (χ1n) is 3.69. The first-order valence-corrected chi connectivity index (χ1v) is 5.65. The fourth-order valence-electron chi connectivity index (χ4n) is 1.37. The molecule has 0 amide bonds. The zero-order chi connectivity index (χ0) is 8.86. The second-order valence-corrected chi connectivity index (χ2v) is 5.93. The van der Waals surface area contributed by atoms with Gasteiger partial charge in [0.25, 0.3) is 0 Å². The van der Waals surface area contributed by atoms with Gasteiger partial charge in [0.05, 0.1) is 10.9 Å². The number of rotatable bonds is 2. The molecule has 0 aromatic heterocycles. The first-order chi connectivity index (χ1) is 4.78. The van der Waals surface area contributed by atoms with E-state index in [4.69, 9.17) is 0 Å². The van der Waals surface area contributed by atoms with Crippen LogP contribution in [-0.2, 0) is 9.84 Å². The van der Waals surface area contributed by atoms with Gasteiger partial charge in [0.2, 0.25) is 0 Å². The molecule has 0 aliphatic heterocycles. The fourth-order valence-corrected chi connectivity index (χ4v) is 2.44. The van der Waals surface area contributed by atoms with Crippen LogP contribution in [0.2, 0.25) is 0 Å². The van der Waals surface area contributed by atoms with Gasteiger partial charge < -0.3 is 5.11 Å². The van der Waals surface area contributed by atoms with Crippen molar-refractivity contribution in [3.05, 3.63) is 0 Å². The molecule has 3 unspecified atom stereocenters. The summed E-state index contributed by atoms with van der Waals surface area (Å²) < 4.78 is 22.0. The molecule has 1 N–H and O–H groups in total.